The largest absolute Gasteiger partial charge is 0.396 e. The van der Waals surface area contributed by atoms with Crippen LogP contribution in [0, 0.1) is 11.8 Å². The number of methoxy groups -OCH3 is 1. The Hall–Kier alpha value is -2.74. The molecular formula is C25H31N3O4. The van der Waals surface area contributed by atoms with Gasteiger partial charge in [-0.3, -0.25) is 14.5 Å². The van der Waals surface area contributed by atoms with Gasteiger partial charge in [-0.05, 0) is 24.6 Å². The number of ether oxygens (including phenoxy) is 1. The molecule has 0 aliphatic carbocycles. The molecule has 1 aromatic heterocycles. The van der Waals surface area contributed by atoms with Crippen molar-refractivity contribution in [1.29, 1.82) is 0 Å². The second-order valence-corrected chi connectivity index (χ2v) is 8.46. The van der Waals surface area contributed by atoms with E-state index in [1.54, 1.807) is 11.7 Å². The van der Waals surface area contributed by atoms with Crippen molar-refractivity contribution in [2.45, 2.75) is 32.1 Å². The zero-order chi connectivity index (χ0) is 22.7. The van der Waals surface area contributed by atoms with Crippen LogP contribution in [0.4, 0.5) is 0 Å². The van der Waals surface area contributed by atoms with E-state index in [1.807, 2.05) is 49.4 Å². The van der Waals surface area contributed by atoms with E-state index in [2.05, 4.69) is 22.3 Å². The molecule has 4 rings (SSSR count). The minimum absolute atomic E-state index is 0.0490. The van der Waals surface area contributed by atoms with Crippen molar-refractivity contribution in [2.75, 3.05) is 26.9 Å². The fraction of sp³-hybridized carbons (Fsp3) is 0.440. The fourth-order valence-electron chi connectivity index (χ4n) is 5.25. The molecule has 0 unspecified atom stereocenters. The Labute approximate surface area is 188 Å². The molecule has 4 atom stereocenters. The van der Waals surface area contributed by atoms with Gasteiger partial charge in [-0.25, -0.2) is 0 Å². The summed E-state index contributed by atoms with van der Waals surface area (Å²) >= 11 is 0. The first-order chi connectivity index (χ1) is 15.6. The third-order valence-electron chi connectivity index (χ3n) is 6.66. The molecule has 1 fully saturated rings. The van der Waals surface area contributed by atoms with Gasteiger partial charge in [0.05, 0.1) is 18.6 Å². The number of pyridine rings is 1. The number of aliphatic hydroxyl groups is 1. The number of carbonyl (C=O) groups is 1. The lowest BCUT2D eigenvalue weighted by atomic mass is 9.86. The van der Waals surface area contributed by atoms with Crippen LogP contribution in [0.2, 0.25) is 0 Å². The Morgan fingerprint density at radius 2 is 2.03 bits per heavy atom. The molecule has 0 radical (unpaired) electrons. The molecule has 7 heteroatoms. The molecule has 0 spiro atoms. The zero-order valence-electron chi connectivity index (χ0n) is 18.6. The number of nitrogens with one attached hydrogen (secondary N) is 1. The van der Waals surface area contributed by atoms with Gasteiger partial charge in [0.25, 0.3) is 5.56 Å². The van der Waals surface area contributed by atoms with E-state index in [1.165, 1.54) is 0 Å². The average molecular weight is 438 g/mol. The minimum atomic E-state index is -0.453. The van der Waals surface area contributed by atoms with Gasteiger partial charge in [0.15, 0.2) is 0 Å². The number of aliphatic hydroxyl groups excluding tert-OH is 1. The number of amides is 1. The second-order valence-electron chi connectivity index (χ2n) is 8.46. The molecule has 7 nitrogen and oxygen atoms in total. The van der Waals surface area contributed by atoms with E-state index in [0.717, 1.165) is 11.3 Å². The number of fused-ring (bicyclic) bond motifs is 4. The van der Waals surface area contributed by atoms with Crippen molar-refractivity contribution in [3.05, 3.63) is 75.7 Å². The van der Waals surface area contributed by atoms with Crippen LogP contribution in [0.15, 0.2) is 53.3 Å². The van der Waals surface area contributed by atoms with E-state index in [4.69, 9.17) is 4.74 Å². The van der Waals surface area contributed by atoms with Crippen molar-refractivity contribution in [1.82, 2.24) is 14.8 Å². The predicted molar refractivity (Wildman–Crippen MR) is 123 cm³/mol. The van der Waals surface area contributed by atoms with Crippen LogP contribution in [-0.2, 0) is 22.6 Å². The summed E-state index contributed by atoms with van der Waals surface area (Å²) in [5.74, 6) is -0.827. The van der Waals surface area contributed by atoms with Crippen LogP contribution in [0.3, 0.4) is 0 Å². The Morgan fingerprint density at radius 1 is 1.25 bits per heavy atom. The molecule has 1 amide bonds. The summed E-state index contributed by atoms with van der Waals surface area (Å²) in [6.07, 6.45) is 3.66. The molecule has 1 saturated heterocycles. The Kier molecular flexibility index (Phi) is 6.89. The van der Waals surface area contributed by atoms with Crippen molar-refractivity contribution in [3.63, 3.8) is 0 Å². The zero-order valence-corrected chi connectivity index (χ0v) is 18.6. The van der Waals surface area contributed by atoms with Crippen molar-refractivity contribution in [3.8, 4) is 0 Å². The lowest BCUT2D eigenvalue weighted by molar-refractivity contribution is -0.127. The van der Waals surface area contributed by atoms with Crippen LogP contribution >= 0.6 is 0 Å². The monoisotopic (exact) mass is 437 g/mol. The molecule has 2 bridgehead atoms. The van der Waals surface area contributed by atoms with Crippen molar-refractivity contribution >= 4 is 12.0 Å². The van der Waals surface area contributed by atoms with E-state index in [-0.39, 0.29) is 36.1 Å². The van der Waals surface area contributed by atoms with Crippen LogP contribution < -0.4 is 10.9 Å². The Bertz CT molecular complexity index is 1030. The number of hydrogen-bond donors (Lipinski definition) is 2. The van der Waals surface area contributed by atoms with Crippen molar-refractivity contribution in [2.24, 2.45) is 11.8 Å². The van der Waals surface area contributed by atoms with Gasteiger partial charge >= 0.3 is 0 Å². The van der Waals surface area contributed by atoms with E-state index < -0.39 is 5.92 Å². The summed E-state index contributed by atoms with van der Waals surface area (Å²) in [6, 6.07) is 13.5. The van der Waals surface area contributed by atoms with E-state index in [9.17, 15) is 14.7 Å². The predicted octanol–water partition coefficient (Wildman–Crippen LogP) is 1.81. The molecule has 2 N–H and O–H groups in total. The average Bonchev–Trinajstić information content (AvgIpc) is 3.01. The topological polar surface area (TPSA) is 83.8 Å². The van der Waals surface area contributed by atoms with Gasteiger partial charge in [0.1, 0.15) is 0 Å². The molecule has 170 valence electrons. The van der Waals surface area contributed by atoms with Gasteiger partial charge in [-0.1, -0.05) is 42.5 Å². The van der Waals surface area contributed by atoms with Crippen LogP contribution in [-0.4, -0.2) is 53.4 Å². The first kappa shape index (κ1) is 22.5. The highest BCUT2D eigenvalue weighted by Crippen LogP contribution is 2.48. The first-order valence-corrected chi connectivity index (χ1v) is 11.1. The van der Waals surface area contributed by atoms with Crippen LogP contribution in [0.1, 0.15) is 29.8 Å². The number of benzene rings is 1. The lowest BCUT2D eigenvalue weighted by Crippen LogP contribution is -2.46. The summed E-state index contributed by atoms with van der Waals surface area (Å²) in [5.41, 5.74) is 2.56. The standard InChI is InChI=1S/C25H31N3O4/c1-3-7-18-10-11-20-23-22(24(30)26-12-13-32-2)19(16-29)21(15-28(20)25(18)31)27(23)14-17-8-5-4-6-9-17/h3-11,19,21-23,29H,12-16H2,1-2H3,(H,26,30)/b7-3+/t19-,21-,22+,23+/m1/s1. The van der Waals surface area contributed by atoms with Gasteiger partial charge in [-0.15, -0.1) is 0 Å². The van der Waals surface area contributed by atoms with Crippen LogP contribution in [0.25, 0.3) is 6.08 Å². The van der Waals surface area contributed by atoms with Gasteiger partial charge in [-0.2, -0.15) is 0 Å². The summed E-state index contributed by atoms with van der Waals surface area (Å²) in [7, 11) is 1.60. The number of nitrogens with zero attached hydrogens (tertiary/aromatic N) is 2. The maximum Gasteiger partial charge on any atom is 0.258 e. The summed E-state index contributed by atoms with van der Waals surface area (Å²) in [4.78, 5) is 28.8. The minimum Gasteiger partial charge on any atom is -0.396 e. The Morgan fingerprint density at radius 3 is 2.72 bits per heavy atom. The normalized spacial score (nSPS) is 24.6. The molecule has 2 aromatic rings. The fourth-order valence-corrected chi connectivity index (χ4v) is 5.25. The Balaban J connectivity index is 1.77. The summed E-state index contributed by atoms with van der Waals surface area (Å²) in [5, 5.41) is 13.3. The molecule has 1 aromatic carbocycles. The van der Waals surface area contributed by atoms with E-state index in [0.29, 0.717) is 31.8 Å². The molecule has 2 aliphatic rings. The van der Waals surface area contributed by atoms with Gasteiger partial charge in [0, 0.05) is 56.6 Å². The number of allylic oxidation sites excluding steroid dienone is 1. The number of aromatic nitrogens is 1. The lowest BCUT2D eigenvalue weighted by Gasteiger charge is -2.38. The highest BCUT2D eigenvalue weighted by Gasteiger charge is 2.55. The summed E-state index contributed by atoms with van der Waals surface area (Å²) in [6.45, 7) is 3.71. The maximum absolute atomic E-state index is 13.3. The smallest absolute Gasteiger partial charge is 0.258 e. The van der Waals surface area contributed by atoms with Crippen LogP contribution in [0.5, 0.6) is 0 Å². The number of carbonyl (C=O) groups excluding carboxylic acids is 1. The number of hydrogen-bond acceptors (Lipinski definition) is 5. The molecule has 2 aliphatic heterocycles. The number of rotatable bonds is 8. The highest BCUT2D eigenvalue weighted by molar-refractivity contribution is 5.80. The second kappa shape index (κ2) is 9.81. The van der Waals surface area contributed by atoms with E-state index >= 15 is 0 Å². The summed E-state index contributed by atoms with van der Waals surface area (Å²) < 4.78 is 6.88. The first-order valence-electron chi connectivity index (χ1n) is 11.1. The maximum atomic E-state index is 13.3. The van der Waals surface area contributed by atoms with Gasteiger partial charge < -0.3 is 19.7 Å². The highest BCUT2D eigenvalue weighted by atomic mass is 16.5. The molecular weight excluding hydrogens is 406 g/mol. The SMILES string of the molecule is C/C=C/c1ccc2n(c1=O)C[C@@H]1[C@@H](CO)[C@H](C(=O)NCCOC)[C@H]2N1Cc1ccccc1. The third-order valence-corrected chi connectivity index (χ3v) is 6.66. The van der Waals surface area contributed by atoms with Crippen molar-refractivity contribution < 1.29 is 14.6 Å². The quantitative estimate of drug-likeness (QED) is 0.616. The molecule has 32 heavy (non-hydrogen) atoms. The molecule has 3 heterocycles. The molecule has 0 saturated carbocycles. The van der Waals surface area contributed by atoms with Gasteiger partial charge in [0.2, 0.25) is 5.91 Å². The third kappa shape index (κ3) is 4.03.